The molecule has 4 heterocycles. The van der Waals surface area contributed by atoms with Gasteiger partial charge in [0.15, 0.2) is 5.65 Å². The molecule has 0 unspecified atom stereocenters. The number of aryl methyl sites for hydroxylation is 2. The van der Waals surface area contributed by atoms with Crippen LogP contribution in [0.1, 0.15) is 30.0 Å². The number of halogens is 2. The maximum Gasteiger partial charge on any atom is 0.228 e. The smallest absolute Gasteiger partial charge is 0.228 e. The number of fused-ring (bicyclic) bond motifs is 1. The maximum atomic E-state index is 15.0. The quantitative estimate of drug-likeness (QED) is 0.404. The first-order valence-corrected chi connectivity index (χ1v) is 11.6. The molecule has 1 aliphatic heterocycles. The molecule has 0 radical (unpaired) electrons. The molecule has 0 spiro atoms. The molecule has 2 atom stereocenters. The van der Waals surface area contributed by atoms with Gasteiger partial charge in [-0.25, -0.2) is 24.0 Å². The van der Waals surface area contributed by atoms with Crippen LogP contribution in [0.25, 0.3) is 22.4 Å². The van der Waals surface area contributed by atoms with E-state index in [4.69, 9.17) is 31.0 Å². The Morgan fingerprint density at radius 1 is 1.14 bits per heavy atom. The predicted molar refractivity (Wildman–Crippen MR) is 130 cm³/mol. The Balaban J connectivity index is 1.59. The van der Waals surface area contributed by atoms with Crippen molar-refractivity contribution in [3.63, 3.8) is 0 Å². The molecule has 1 fully saturated rings. The molecule has 1 aromatic carbocycles. The minimum absolute atomic E-state index is 0.0969. The first kappa shape index (κ1) is 23.5. The zero-order valence-electron chi connectivity index (χ0n) is 19.9. The average molecular weight is 498 g/mol. The van der Waals surface area contributed by atoms with Gasteiger partial charge in [-0.1, -0.05) is 11.6 Å². The molecule has 0 N–H and O–H groups in total. The molecule has 3 aromatic heterocycles. The van der Waals surface area contributed by atoms with Gasteiger partial charge in [-0.15, -0.1) is 0 Å². The van der Waals surface area contributed by atoms with Gasteiger partial charge in [0.1, 0.15) is 29.9 Å². The van der Waals surface area contributed by atoms with Crippen molar-refractivity contribution in [2.75, 3.05) is 25.1 Å². The average Bonchev–Trinajstić information content (AvgIpc) is 3.28. The number of methoxy groups -OCH3 is 1. The molecule has 35 heavy (non-hydrogen) atoms. The highest BCUT2D eigenvalue weighted by Gasteiger charge is 2.30. The summed E-state index contributed by atoms with van der Waals surface area (Å²) in [5, 5.41) is 4.63. The lowest BCUT2D eigenvalue weighted by Crippen LogP contribution is -2.43. The van der Waals surface area contributed by atoms with Crippen molar-refractivity contribution in [3.8, 4) is 11.3 Å². The zero-order valence-corrected chi connectivity index (χ0v) is 20.6. The molecule has 0 saturated carbocycles. The Morgan fingerprint density at radius 3 is 2.71 bits per heavy atom. The number of anilines is 1. The summed E-state index contributed by atoms with van der Waals surface area (Å²) in [6.07, 6.45) is 3.33. The third kappa shape index (κ3) is 4.69. The molecule has 0 bridgehead atoms. The standard InChI is InChI=1S/C24H25ClFN7O2/c1-13-9-32(11-20(35-13)16-8-27-33(10-16)12-34-4)24-30-21(18-6-5-17(25)7-19(18)26)22-23(31-24)29-15(3)14(2)28-22/h5-8,10,13,20H,9,11-12H2,1-4H3/t13-,20+/m0/s1. The number of aromatic nitrogens is 6. The summed E-state index contributed by atoms with van der Waals surface area (Å²) < 4.78 is 28.0. The third-order valence-electron chi connectivity index (χ3n) is 5.95. The Kier molecular flexibility index (Phi) is 6.35. The Morgan fingerprint density at radius 2 is 1.94 bits per heavy atom. The lowest BCUT2D eigenvalue weighted by molar-refractivity contribution is -0.0179. The summed E-state index contributed by atoms with van der Waals surface area (Å²) in [7, 11) is 1.62. The minimum Gasteiger partial charge on any atom is -0.367 e. The second-order valence-corrected chi connectivity index (χ2v) is 9.07. The van der Waals surface area contributed by atoms with Crippen molar-refractivity contribution in [1.82, 2.24) is 29.7 Å². The molecule has 1 saturated heterocycles. The second-order valence-electron chi connectivity index (χ2n) is 8.63. The molecule has 5 rings (SSSR count). The van der Waals surface area contributed by atoms with Crippen LogP contribution in [0, 0.1) is 19.7 Å². The lowest BCUT2D eigenvalue weighted by Gasteiger charge is -2.36. The van der Waals surface area contributed by atoms with E-state index < -0.39 is 5.82 Å². The van der Waals surface area contributed by atoms with Gasteiger partial charge in [-0.3, -0.25) is 0 Å². The van der Waals surface area contributed by atoms with E-state index in [-0.39, 0.29) is 12.2 Å². The van der Waals surface area contributed by atoms with E-state index in [0.29, 0.717) is 53.2 Å². The number of benzene rings is 1. The van der Waals surface area contributed by atoms with Crippen LogP contribution in [0.2, 0.25) is 5.02 Å². The van der Waals surface area contributed by atoms with Gasteiger partial charge in [0, 0.05) is 36.0 Å². The van der Waals surface area contributed by atoms with Gasteiger partial charge >= 0.3 is 0 Å². The number of hydrogen-bond donors (Lipinski definition) is 0. The fourth-order valence-electron chi connectivity index (χ4n) is 4.16. The topological polar surface area (TPSA) is 91.1 Å². The molecule has 11 heteroatoms. The van der Waals surface area contributed by atoms with E-state index >= 15 is 0 Å². The summed E-state index contributed by atoms with van der Waals surface area (Å²) in [6, 6.07) is 4.51. The number of morpholine rings is 1. The fourth-order valence-corrected chi connectivity index (χ4v) is 4.32. The van der Waals surface area contributed by atoms with Crippen LogP contribution in [0.3, 0.4) is 0 Å². The van der Waals surface area contributed by atoms with Crippen LogP contribution >= 0.6 is 11.6 Å². The Bertz CT molecular complexity index is 1400. The van der Waals surface area contributed by atoms with E-state index in [9.17, 15) is 4.39 Å². The lowest BCUT2D eigenvalue weighted by atomic mass is 10.1. The minimum atomic E-state index is -0.484. The molecule has 4 aromatic rings. The summed E-state index contributed by atoms with van der Waals surface area (Å²) in [6.45, 7) is 7.14. The Hall–Kier alpha value is -3.21. The van der Waals surface area contributed by atoms with Crippen LogP contribution in [0.5, 0.6) is 0 Å². The van der Waals surface area contributed by atoms with Crippen LogP contribution in [0.4, 0.5) is 10.3 Å². The highest BCUT2D eigenvalue weighted by Crippen LogP contribution is 2.32. The van der Waals surface area contributed by atoms with Crippen molar-refractivity contribution in [3.05, 3.63) is 58.4 Å². The number of ether oxygens (including phenoxy) is 2. The largest absolute Gasteiger partial charge is 0.367 e. The molecule has 1 aliphatic rings. The van der Waals surface area contributed by atoms with E-state index in [2.05, 4.69) is 15.1 Å². The number of nitrogens with zero attached hydrogens (tertiary/aromatic N) is 7. The van der Waals surface area contributed by atoms with Crippen LogP contribution < -0.4 is 4.90 Å². The van der Waals surface area contributed by atoms with E-state index in [1.54, 1.807) is 30.1 Å². The summed E-state index contributed by atoms with van der Waals surface area (Å²) in [5.74, 6) is -0.0499. The zero-order chi connectivity index (χ0) is 24.7. The van der Waals surface area contributed by atoms with Crippen molar-refractivity contribution in [2.45, 2.75) is 39.7 Å². The van der Waals surface area contributed by atoms with Crippen LogP contribution in [-0.2, 0) is 16.2 Å². The number of rotatable bonds is 5. The summed E-state index contributed by atoms with van der Waals surface area (Å²) >= 11 is 6.00. The molecule has 0 amide bonds. The van der Waals surface area contributed by atoms with E-state index in [1.165, 1.54) is 6.07 Å². The fraction of sp³-hybridized carbons (Fsp3) is 0.375. The highest BCUT2D eigenvalue weighted by atomic mass is 35.5. The molecule has 0 aliphatic carbocycles. The van der Waals surface area contributed by atoms with Crippen molar-refractivity contribution in [1.29, 1.82) is 0 Å². The molecular formula is C24H25ClFN7O2. The third-order valence-corrected chi connectivity index (χ3v) is 6.18. The molecule has 9 nitrogen and oxygen atoms in total. The van der Waals surface area contributed by atoms with Gasteiger partial charge in [0.2, 0.25) is 5.95 Å². The van der Waals surface area contributed by atoms with Crippen molar-refractivity contribution >= 4 is 28.7 Å². The number of hydrogen-bond acceptors (Lipinski definition) is 8. The monoisotopic (exact) mass is 497 g/mol. The van der Waals surface area contributed by atoms with Crippen LogP contribution in [0.15, 0.2) is 30.6 Å². The van der Waals surface area contributed by atoms with Crippen LogP contribution in [-0.4, -0.2) is 56.0 Å². The van der Waals surface area contributed by atoms with Gasteiger partial charge in [0.05, 0.1) is 30.2 Å². The summed E-state index contributed by atoms with van der Waals surface area (Å²) in [4.78, 5) is 20.8. The maximum absolute atomic E-state index is 15.0. The van der Waals surface area contributed by atoms with E-state index in [1.807, 2.05) is 31.9 Å². The van der Waals surface area contributed by atoms with Crippen molar-refractivity contribution < 1.29 is 13.9 Å². The first-order chi connectivity index (χ1) is 16.8. The van der Waals surface area contributed by atoms with Gasteiger partial charge in [-0.2, -0.15) is 10.1 Å². The highest BCUT2D eigenvalue weighted by molar-refractivity contribution is 6.30. The molecule has 182 valence electrons. The van der Waals surface area contributed by atoms with Gasteiger partial charge in [0.25, 0.3) is 0 Å². The van der Waals surface area contributed by atoms with Gasteiger partial charge < -0.3 is 14.4 Å². The predicted octanol–water partition coefficient (Wildman–Crippen LogP) is 4.26. The SMILES string of the molecule is COCn1cc([C@H]2CN(c3nc(-c4ccc(Cl)cc4F)c4nc(C)c(C)nc4n3)C[C@H](C)O2)cn1. The van der Waals surface area contributed by atoms with Gasteiger partial charge in [-0.05, 0) is 39.0 Å². The second kappa shape index (κ2) is 9.44. The first-order valence-electron chi connectivity index (χ1n) is 11.2. The summed E-state index contributed by atoms with van der Waals surface area (Å²) in [5.41, 5.74) is 3.93. The normalized spacial score (nSPS) is 18.4. The molecular weight excluding hydrogens is 473 g/mol. The van der Waals surface area contributed by atoms with E-state index in [0.717, 1.165) is 17.0 Å². The van der Waals surface area contributed by atoms with Crippen molar-refractivity contribution in [2.24, 2.45) is 0 Å². The Labute approximate surface area is 206 Å².